The molecule has 1 aromatic rings. The van der Waals surface area contributed by atoms with Crippen LogP contribution in [0.25, 0.3) is 0 Å². The van der Waals surface area contributed by atoms with Crippen molar-refractivity contribution in [2.24, 2.45) is 0 Å². The molecular formula is C10H14O5. The van der Waals surface area contributed by atoms with E-state index < -0.39 is 6.16 Å². The van der Waals surface area contributed by atoms with Crippen LogP contribution in [0.2, 0.25) is 0 Å². The van der Waals surface area contributed by atoms with Crippen molar-refractivity contribution in [2.75, 3.05) is 14.2 Å². The van der Waals surface area contributed by atoms with E-state index in [-0.39, 0.29) is 5.75 Å². The maximum absolute atomic E-state index is 9.15. The van der Waals surface area contributed by atoms with Crippen molar-refractivity contribution in [1.82, 2.24) is 0 Å². The van der Waals surface area contributed by atoms with Crippen LogP contribution in [-0.4, -0.2) is 30.6 Å². The fraction of sp³-hybridized carbons (Fsp3) is 0.300. The Balaban J connectivity index is 0.000000336. The van der Waals surface area contributed by atoms with Crippen LogP contribution >= 0.6 is 0 Å². The molecule has 84 valence electrons. The average Bonchev–Trinajstić information content (AvgIpc) is 2.22. The summed E-state index contributed by atoms with van der Waals surface area (Å²) >= 11 is 0. The lowest BCUT2D eigenvalue weighted by molar-refractivity contribution is 0.114. The first kappa shape index (κ1) is 13.1. The quantitative estimate of drug-likeness (QED) is 0.699. The number of methoxy groups -OCH3 is 2. The zero-order valence-electron chi connectivity index (χ0n) is 8.85. The minimum absolute atomic E-state index is 0.188. The van der Waals surface area contributed by atoms with E-state index in [1.54, 1.807) is 12.1 Å². The van der Waals surface area contributed by atoms with E-state index in [1.807, 2.05) is 13.0 Å². The van der Waals surface area contributed by atoms with Crippen LogP contribution in [0.15, 0.2) is 18.2 Å². The summed E-state index contributed by atoms with van der Waals surface area (Å²) in [5, 5.41) is 16.6. The molecule has 0 spiro atoms. The van der Waals surface area contributed by atoms with Gasteiger partial charge in [0.1, 0.15) is 0 Å². The zero-order chi connectivity index (χ0) is 11.8. The van der Waals surface area contributed by atoms with E-state index in [1.165, 1.54) is 7.11 Å². The molecule has 0 heterocycles. The minimum Gasteiger partial charge on any atom is -0.504 e. The van der Waals surface area contributed by atoms with E-state index in [0.717, 1.165) is 12.7 Å². The van der Waals surface area contributed by atoms with Gasteiger partial charge in [-0.15, -0.1) is 0 Å². The van der Waals surface area contributed by atoms with Gasteiger partial charge in [-0.3, -0.25) is 0 Å². The highest BCUT2D eigenvalue weighted by Gasteiger charge is 1.97. The number of carboxylic acid groups (broad SMARTS) is 1. The van der Waals surface area contributed by atoms with Gasteiger partial charge in [0.2, 0.25) is 0 Å². The normalized spacial score (nSPS) is 8.47. The zero-order valence-corrected chi connectivity index (χ0v) is 8.85. The summed E-state index contributed by atoms with van der Waals surface area (Å²) in [6.07, 6.45) is -1.25. The number of aryl methyl sites for hydroxylation is 1. The maximum Gasteiger partial charge on any atom is 0.505 e. The maximum atomic E-state index is 9.15. The molecule has 15 heavy (non-hydrogen) atoms. The Kier molecular flexibility index (Phi) is 5.70. The SMILES string of the molecule is COC(=O)O.COc1cc(C)ccc1O. The third-order valence-electron chi connectivity index (χ3n) is 1.51. The molecule has 2 N–H and O–H groups in total. The molecule has 0 unspecified atom stereocenters. The van der Waals surface area contributed by atoms with Crippen LogP contribution in [0, 0.1) is 6.92 Å². The first-order chi connectivity index (χ1) is 7.01. The van der Waals surface area contributed by atoms with Crippen molar-refractivity contribution in [3.05, 3.63) is 23.8 Å². The van der Waals surface area contributed by atoms with Gasteiger partial charge in [0, 0.05) is 0 Å². The number of hydrogen-bond acceptors (Lipinski definition) is 4. The Labute approximate surface area is 87.9 Å². The standard InChI is InChI=1S/C8H10O2.C2H4O3/c1-6-3-4-7(9)8(5-6)10-2;1-5-2(3)4/h3-5,9H,1-2H3;1H3,(H,3,4). The van der Waals surface area contributed by atoms with Gasteiger partial charge < -0.3 is 19.7 Å². The molecule has 0 aliphatic rings. The van der Waals surface area contributed by atoms with Gasteiger partial charge in [-0.25, -0.2) is 4.79 Å². The molecule has 0 atom stereocenters. The predicted octanol–water partition coefficient (Wildman–Crippen LogP) is 2.02. The number of aromatic hydroxyl groups is 1. The molecule has 0 amide bonds. The highest BCUT2D eigenvalue weighted by atomic mass is 16.6. The van der Waals surface area contributed by atoms with Crippen LogP contribution in [0.5, 0.6) is 11.5 Å². The van der Waals surface area contributed by atoms with Crippen LogP contribution in [0.4, 0.5) is 4.79 Å². The molecule has 5 nitrogen and oxygen atoms in total. The Bertz CT molecular complexity index is 322. The third kappa shape index (κ3) is 5.41. The van der Waals surface area contributed by atoms with Gasteiger partial charge in [-0.1, -0.05) is 6.07 Å². The first-order valence-electron chi connectivity index (χ1n) is 4.11. The van der Waals surface area contributed by atoms with Crippen molar-refractivity contribution in [2.45, 2.75) is 6.92 Å². The van der Waals surface area contributed by atoms with Crippen LogP contribution in [0.3, 0.4) is 0 Å². The molecule has 0 aromatic heterocycles. The number of ether oxygens (including phenoxy) is 2. The van der Waals surface area contributed by atoms with Gasteiger partial charge in [-0.2, -0.15) is 0 Å². The van der Waals surface area contributed by atoms with E-state index in [0.29, 0.717) is 5.75 Å². The third-order valence-corrected chi connectivity index (χ3v) is 1.51. The molecule has 1 aromatic carbocycles. The smallest absolute Gasteiger partial charge is 0.504 e. The van der Waals surface area contributed by atoms with E-state index in [4.69, 9.17) is 19.7 Å². The lowest BCUT2D eigenvalue weighted by atomic mass is 10.2. The Morgan fingerprint density at radius 2 is 1.87 bits per heavy atom. The number of phenols is 1. The van der Waals surface area contributed by atoms with Crippen molar-refractivity contribution < 1.29 is 24.5 Å². The highest BCUT2D eigenvalue weighted by Crippen LogP contribution is 2.25. The van der Waals surface area contributed by atoms with Crippen molar-refractivity contribution in [3.8, 4) is 11.5 Å². The molecule has 0 fully saturated rings. The van der Waals surface area contributed by atoms with E-state index in [9.17, 15) is 0 Å². The molecule has 0 saturated heterocycles. The largest absolute Gasteiger partial charge is 0.505 e. The second kappa shape index (κ2) is 6.53. The van der Waals surface area contributed by atoms with Crippen molar-refractivity contribution in [1.29, 1.82) is 0 Å². The van der Waals surface area contributed by atoms with E-state index >= 15 is 0 Å². The van der Waals surface area contributed by atoms with Crippen LogP contribution < -0.4 is 4.74 Å². The first-order valence-corrected chi connectivity index (χ1v) is 4.11. The van der Waals surface area contributed by atoms with Gasteiger partial charge in [0.25, 0.3) is 0 Å². The lowest BCUT2D eigenvalue weighted by Crippen LogP contribution is -1.91. The average molecular weight is 214 g/mol. The minimum atomic E-state index is -1.25. The molecule has 0 radical (unpaired) electrons. The number of phenolic OH excluding ortho intramolecular Hbond substituents is 1. The fourth-order valence-electron chi connectivity index (χ4n) is 0.785. The monoisotopic (exact) mass is 214 g/mol. The second-order valence-corrected chi connectivity index (χ2v) is 2.65. The predicted molar refractivity (Wildman–Crippen MR) is 54.4 cm³/mol. The summed E-state index contributed by atoms with van der Waals surface area (Å²) in [6, 6.07) is 5.24. The topological polar surface area (TPSA) is 76.0 Å². The molecule has 5 heteroatoms. The number of benzene rings is 1. The second-order valence-electron chi connectivity index (χ2n) is 2.65. The summed E-state index contributed by atoms with van der Waals surface area (Å²) in [7, 11) is 2.64. The van der Waals surface area contributed by atoms with Gasteiger partial charge in [0.05, 0.1) is 14.2 Å². The Morgan fingerprint density at radius 1 is 1.33 bits per heavy atom. The van der Waals surface area contributed by atoms with Crippen LogP contribution in [-0.2, 0) is 4.74 Å². The number of carbonyl (C=O) groups is 1. The van der Waals surface area contributed by atoms with Crippen LogP contribution in [0.1, 0.15) is 5.56 Å². The highest BCUT2D eigenvalue weighted by molar-refractivity contribution is 5.56. The van der Waals surface area contributed by atoms with Crippen molar-refractivity contribution >= 4 is 6.16 Å². The summed E-state index contributed by atoms with van der Waals surface area (Å²) < 4.78 is 8.54. The van der Waals surface area contributed by atoms with E-state index in [2.05, 4.69) is 4.74 Å². The van der Waals surface area contributed by atoms with Gasteiger partial charge >= 0.3 is 6.16 Å². The van der Waals surface area contributed by atoms with Gasteiger partial charge in [0.15, 0.2) is 11.5 Å². The summed E-state index contributed by atoms with van der Waals surface area (Å²) in [6.45, 7) is 1.95. The van der Waals surface area contributed by atoms with Crippen molar-refractivity contribution in [3.63, 3.8) is 0 Å². The molecular weight excluding hydrogens is 200 g/mol. The fourth-order valence-corrected chi connectivity index (χ4v) is 0.785. The summed E-state index contributed by atoms with van der Waals surface area (Å²) in [4.78, 5) is 9.15. The molecule has 0 saturated carbocycles. The number of hydrogen-bond donors (Lipinski definition) is 2. The lowest BCUT2D eigenvalue weighted by Gasteiger charge is -2.02. The summed E-state index contributed by atoms with van der Waals surface area (Å²) in [5.41, 5.74) is 1.08. The molecule has 0 bridgehead atoms. The van der Waals surface area contributed by atoms with Gasteiger partial charge in [-0.05, 0) is 24.6 Å². The summed E-state index contributed by atoms with van der Waals surface area (Å²) in [5.74, 6) is 0.716. The number of rotatable bonds is 1. The Morgan fingerprint density at radius 3 is 2.20 bits per heavy atom. The molecule has 0 aliphatic heterocycles. The Hall–Kier alpha value is -1.91. The molecule has 0 aliphatic carbocycles. The molecule has 1 rings (SSSR count).